The number of fused-ring (bicyclic) bond motifs is 1. The molecule has 1 aliphatic rings. The second-order valence-electron chi connectivity index (χ2n) is 7.26. The van der Waals surface area contributed by atoms with Crippen molar-refractivity contribution in [3.63, 3.8) is 0 Å². The Bertz CT molecular complexity index is 789. The van der Waals surface area contributed by atoms with Crippen molar-refractivity contribution < 1.29 is 28.7 Å². The summed E-state index contributed by atoms with van der Waals surface area (Å²) in [6.07, 6.45) is 5.23. The fourth-order valence-electron chi connectivity index (χ4n) is 2.80. The predicted molar refractivity (Wildman–Crippen MR) is 106 cm³/mol. The number of carbonyl (C=O) groups is 2. The van der Waals surface area contributed by atoms with Gasteiger partial charge in [0.25, 0.3) is 11.6 Å². The van der Waals surface area contributed by atoms with Crippen LogP contribution in [0.4, 0.5) is 5.69 Å². The third-order valence-electron chi connectivity index (χ3n) is 4.29. The molecule has 9 heteroatoms. The Labute approximate surface area is 169 Å². The van der Waals surface area contributed by atoms with Crippen LogP contribution >= 0.6 is 0 Å². The quantitative estimate of drug-likeness (QED) is 0.274. The van der Waals surface area contributed by atoms with Crippen LogP contribution in [0.5, 0.6) is 11.5 Å². The number of nitrogens with one attached hydrogen (secondary N) is 1. The Morgan fingerprint density at radius 3 is 2.59 bits per heavy atom. The first kappa shape index (κ1) is 22.2. The smallest absolute Gasteiger partial charge is 0.331 e. The van der Waals surface area contributed by atoms with E-state index in [9.17, 15) is 19.7 Å². The van der Waals surface area contributed by atoms with E-state index < -0.39 is 23.4 Å². The summed E-state index contributed by atoms with van der Waals surface area (Å²) < 4.78 is 15.2. The lowest BCUT2D eigenvalue weighted by molar-refractivity contribution is -0.385. The summed E-state index contributed by atoms with van der Waals surface area (Å²) in [6, 6.07) is 2.64. The number of hydrogen-bond acceptors (Lipinski definition) is 7. The van der Waals surface area contributed by atoms with Gasteiger partial charge in [-0.05, 0) is 31.4 Å². The number of rotatable bonds is 10. The van der Waals surface area contributed by atoms with Crippen LogP contribution < -0.4 is 14.8 Å². The van der Waals surface area contributed by atoms with Crippen molar-refractivity contribution in [2.75, 3.05) is 13.4 Å². The minimum atomic E-state index is -0.778. The van der Waals surface area contributed by atoms with Gasteiger partial charge >= 0.3 is 5.97 Å². The standard InChI is InChI=1S/C20H26N2O7/c1-13(2)5-4-6-14(3)21-19(23)11-27-20(24)8-7-15-9-17-18(29-12-28-17)10-16(15)22(25)26/h7-10,13-14H,4-6,11-12H2,1-3H3,(H,21,23)/b8-7+. The van der Waals surface area contributed by atoms with Gasteiger partial charge in [0.05, 0.1) is 16.6 Å². The van der Waals surface area contributed by atoms with E-state index in [-0.39, 0.29) is 29.8 Å². The summed E-state index contributed by atoms with van der Waals surface area (Å²) >= 11 is 0. The van der Waals surface area contributed by atoms with Crippen molar-refractivity contribution >= 4 is 23.6 Å². The third kappa shape index (κ3) is 7.10. The van der Waals surface area contributed by atoms with Gasteiger partial charge in [0, 0.05) is 12.1 Å². The molecule has 1 N–H and O–H groups in total. The zero-order valence-corrected chi connectivity index (χ0v) is 16.8. The Morgan fingerprint density at radius 2 is 1.93 bits per heavy atom. The third-order valence-corrected chi connectivity index (χ3v) is 4.29. The molecule has 29 heavy (non-hydrogen) atoms. The van der Waals surface area contributed by atoms with Crippen LogP contribution in [0.15, 0.2) is 18.2 Å². The summed E-state index contributed by atoms with van der Waals surface area (Å²) in [5.74, 6) is 0.0775. The highest BCUT2D eigenvalue weighted by Crippen LogP contribution is 2.38. The minimum absolute atomic E-state index is 0.00761. The number of nitro groups is 1. The molecular weight excluding hydrogens is 380 g/mol. The van der Waals surface area contributed by atoms with E-state index in [0.717, 1.165) is 25.3 Å². The molecule has 1 aromatic rings. The molecule has 1 amide bonds. The highest BCUT2D eigenvalue weighted by Gasteiger charge is 2.22. The van der Waals surface area contributed by atoms with Crippen LogP contribution in [0.1, 0.15) is 45.6 Å². The number of esters is 1. The zero-order valence-electron chi connectivity index (χ0n) is 16.8. The van der Waals surface area contributed by atoms with E-state index >= 15 is 0 Å². The summed E-state index contributed by atoms with van der Waals surface area (Å²) in [4.78, 5) is 34.3. The topological polar surface area (TPSA) is 117 Å². The van der Waals surface area contributed by atoms with Gasteiger partial charge in [-0.3, -0.25) is 14.9 Å². The first-order valence-electron chi connectivity index (χ1n) is 9.48. The summed E-state index contributed by atoms with van der Waals surface area (Å²) in [6.45, 7) is 5.76. The van der Waals surface area contributed by atoms with Crippen LogP contribution in [-0.2, 0) is 14.3 Å². The molecule has 0 spiro atoms. The van der Waals surface area contributed by atoms with Gasteiger partial charge in [0.15, 0.2) is 18.1 Å². The lowest BCUT2D eigenvalue weighted by atomic mass is 10.0. The fraction of sp³-hybridized carbons (Fsp3) is 0.500. The number of nitrogens with zero attached hydrogens (tertiary/aromatic N) is 1. The van der Waals surface area contributed by atoms with E-state index in [0.29, 0.717) is 11.7 Å². The Kier molecular flexibility index (Phi) is 7.99. The summed E-state index contributed by atoms with van der Waals surface area (Å²) in [7, 11) is 0. The van der Waals surface area contributed by atoms with Gasteiger partial charge in [0.2, 0.25) is 6.79 Å². The van der Waals surface area contributed by atoms with Crippen LogP contribution in [0.2, 0.25) is 0 Å². The van der Waals surface area contributed by atoms with Crippen LogP contribution in [-0.4, -0.2) is 36.2 Å². The summed E-state index contributed by atoms with van der Waals surface area (Å²) in [5.41, 5.74) is -0.0642. The Balaban J connectivity index is 1.84. The van der Waals surface area contributed by atoms with Gasteiger partial charge in [-0.15, -0.1) is 0 Å². The monoisotopic (exact) mass is 406 g/mol. The van der Waals surface area contributed by atoms with Crippen molar-refractivity contribution in [2.45, 2.75) is 46.1 Å². The van der Waals surface area contributed by atoms with Gasteiger partial charge in [-0.25, -0.2) is 4.79 Å². The molecule has 2 rings (SSSR count). The van der Waals surface area contributed by atoms with Gasteiger partial charge < -0.3 is 19.5 Å². The van der Waals surface area contributed by atoms with Crippen molar-refractivity contribution in [1.82, 2.24) is 5.32 Å². The summed E-state index contributed by atoms with van der Waals surface area (Å²) in [5, 5.41) is 14.0. The highest BCUT2D eigenvalue weighted by molar-refractivity contribution is 5.90. The largest absolute Gasteiger partial charge is 0.454 e. The molecule has 9 nitrogen and oxygen atoms in total. The van der Waals surface area contributed by atoms with E-state index in [1.165, 1.54) is 18.2 Å². The molecule has 0 aromatic heterocycles. The van der Waals surface area contributed by atoms with Gasteiger partial charge in [0.1, 0.15) is 0 Å². The molecule has 1 unspecified atom stereocenters. The van der Waals surface area contributed by atoms with Gasteiger partial charge in [-0.2, -0.15) is 0 Å². The fourth-order valence-corrected chi connectivity index (χ4v) is 2.80. The van der Waals surface area contributed by atoms with E-state index in [2.05, 4.69) is 19.2 Å². The maximum atomic E-state index is 11.9. The van der Waals surface area contributed by atoms with Crippen molar-refractivity contribution in [3.05, 3.63) is 33.9 Å². The molecule has 0 aliphatic carbocycles. The molecule has 158 valence electrons. The molecule has 1 heterocycles. The van der Waals surface area contributed by atoms with Crippen LogP contribution in [0.3, 0.4) is 0 Å². The first-order chi connectivity index (χ1) is 13.8. The van der Waals surface area contributed by atoms with Gasteiger partial charge in [-0.1, -0.05) is 26.7 Å². The Hall–Kier alpha value is -3.10. The zero-order chi connectivity index (χ0) is 21.4. The average Bonchev–Trinajstić information content (AvgIpc) is 3.10. The maximum absolute atomic E-state index is 11.9. The van der Waals surface area contributed by atoms with Crippen LogP contribution in [0.25, 0.3) is 6.08 Å². The normalized spacial score (nSPS) is 13.5. The van der Waals surface area contributed by atoms with E-state index in [1.54, 1.807) is 0 Å². The SMILES string of the molecule is CC(C)CCCC(C)NC(=O)COC(=O)/C=C/c1cc2c(cc1[N+](=O)[O-])OCO2. The molecule has 0 saturated heterocycles. The number of amides is 1. The average molecular weight is 406 g/mol. The van der Waals surface area contributed by atoms with Crippen molar-refractivity contribution in [2.24, 2.45) is 5.92 Å². The van der Waals surface area contributed by atoms with E-state index in [1.807, 2.05) is 6.92 Å². The van der Waals surface area contributed by atoms with Crippen molar-refractivity contribution in [3.8, 4) is 11.5 Å². The molecule has 1 aliphatic heterocycles. The maximum Gasteiger partial charge on any atom is 0.331 e. The first-order valence-corrected chi connectivity index (χ1v) is 9.48. The second kappa shape index (κ2) is 10.4. The molecule has 1 atom stereocenters. The molecule has 1 aromatic carbocycles. The minimum Gasteiger partial charge on any atom is -0.454 e. The Morgan fingerprint density at radius 1 is 1.24 bits per heavy atom. The number of ether oxygens (including phenoxy) is 3. The number of hydrogen-bond donors (Lipinski definition) is 1. The molecule has 0 bridgehead atoms. The highest BCUT2D eigenvalue weighted by atomic mass is 16.7. The number of carbonyl (C=O) groups excluding carboxylic acids is 2. The molecule has 0 saturated carbocycles. The van der Waals surface area contributed by atoms with Crippen molar-refractivity contribution in [1.29, 1.82) is 0 Å². The molecular formula is C20H26N2O7. The number of benzene rings is 1. The van der Waals surface area contributed by atoms with Crippen LogP contribution in [0, 0.1) is 16.0 Å². The molecule has 0 fully saturated rings. The van der Waals surface area contributed by atoms with E-state index in [4.69, 9.17) is 14.2 Å². The molecule has 0 radical (unpaired) electrons. The predicted octanol–water partition coefficient (Wildman–Crippen LogP) is 3.21. The lowest BCUT2D eigenvalue weighted by Gasteiger charge is -2.14. The number of nitro benzene ring substituents is 1. The second-order valence-corrected chi connectivity index (χ2v) is 7.26. The lowest BCUT2D eigenvalue weighted by Crippen LogP contribution is -2.35.